The highest BCUT2D eigenvalue weighted by molar-refractivity contribution is 9.10. The van der Waals surface area contributed by atoms with Crippen LogP contribution < -0.4 is 14.6 Å². The standard InChI is InChI=1S/C19H13BrO6/c1-25-15-7-10(14(20)8-16(15)26-9-17(21)22)6-13-18(23)11-4-2-3-5-12(11)19(13)24/h2-8H,9H2,1H3,(H,21,22)/p-1. The molecule has 0 bridgehead atoms. The Bertz CT molecular complexity index is 923. The van der Waals surface area contributed by atoms with Gasteiger partial charge in [0.2, 0.25) is 0 Å². The Kier molecular flexibility index (Phi) is 4.90. The topological polar surface area (TPSA) is 92.7 Å². The number of hydrogen-bond donors (Lipinski definition) is 0. The molecule has 0 atom stereocenters. The van der Waals surface area contributed by atoms with E-state index in [0.29, 0.717) is 21.2 Å². The van der Waals surface area contributed by atoms with Crippen LogP contribution in [0.2, 0.25) is 0 Å². The minimum Gasteiger partial charge on any atom is -0.546 e. The molecule has 6 nitrogen and oxygen atoms in total. The number of allylic oxidation sites excluding steroid dienone is 1. The van der Waals surface area contributed by atoms with Gasteiger partial charge in [0, 0.05) is 15.6 Å². The van der Waals surface area contributed by atoms with Crippen molar-refractivity contribution in [2.24, 2.45) is 0 Å². The number of carboxylic acids is 1. The van der Waals surface area contributed by atoms with E-state index in [9.17, 15) is 19.5 Å². The van der Waals surface area contributed by atoms with Crippen molar-refractivity contribution in [3.05, 3.63) is 63.1 Å². The van der Waals surface area contributed by atoms with Crippen molar-refractivity contribution in [3.63, 3.8) is 0 Å². The molecule has 0 saturated carbocycles. The monoisotopic (exact) mass is 415 g/mol. The largest absolute Gasteiger partial charge is 0.546 e. The van der Waals surface area contributed by atoms with Crippen molar-refractivity contribution in [1.82, 2.24) is 0 Å². The number of carbonyl (C=O) groups is 3. The van der Waals surface area contributed by atoms with Crippen molar-refractivity contribution in [1.29, 1.82) is 0 Å². The Morgan fingerprint density at radius 2 is 1.73 bits per heavy atom. The van der Waals surface area contributed by atoms with Crippen molar-refractivity contribution < 1.29 is 29.0 Å². The first-order valence-electron chi connectivity index (χ1n) is 7.52. The van der Waals surface area contributed by atoms with Gasteiger partial charge in [-0.25, -0.2) is 0 Å². The van der Waals surface area contributed by atoms with E-state index >= 15 is 0 Å². The SMILES string of the molecule is COc1cc(C=C2C(=O)c3ccccc3C2=O)c(Br)cc1OCC(=O)[O-]. The highest BCUT2D eigenvalue weighted by Crippen LogP contribution is 2.36. The van der Waals surface area contributed by atoms with Gasteiger partial charge in [-0.05, 0) is 23.8 Å². The first kappa shape index (κ1) is 17.9. The molecule has 2 aromatic carbocycles. The highest BCUT2D eigenvalue weighted by atomic mass is 79.9. The van der Waals surface area contributed by atoms with Crippen LogP contribution in [0.1, 0.15) is 26.3 Å². The number of rotatable bonds is 5. The predicted molar refractivity (Wildman–Crippen MR) is 94.3 cm³/mol. The molecule has 0 fully saturated rings. The summed E-state index contributed by atoms with van der Waals surface area (Å²) >= 11 is 3.33. The molecule has 0 spiro atoms. The van der Waals surface area contributed by atoms with Gasteiger partial charge in [0.25, 0.3) is 0 Å². The molecular formula is C19H12BrO6-. The van der Waals surface area contributed by atoms with Gasteiger partial charge in [-0.3, -0.25) is 9.59 Å². The minimum absolute atomic E-state index is 0.0531. The van der Waals surface area contributed by atoms with Crippen LogP contribution in [-0.4, -0.2) is 31.3 Å². The fourth-order valence-electron chi connectivity index (χ4n) is 2.63. The average molecular weight is 416 g/mol. The van der Waals surface area contributed by atoms with E-state index in [-0.39, 0.29) is 28.6 Å². The number of halogens is 1. The maximum absolute atomic E-state index is 12.5. The summed E-state index contributed by atoms with van der Waals surface area (Å²) in [6, 6.07) is 9.69. The summed E-state index contributed by atoms with van der Waals surface area (Å²) in [4.78, 5) is 35.5. The molecular weight excluding hydrogens is 404 g/mol. The zero-order chi connectivity index (χ0) is 18.8. The van der Waals surface area contributed by atoms with E-state index in [1.54, 1.807) is 30.3 Å². The molecule has 0 saturated heterocycles. The Morgan fingerprint density at radius 1 is 1.12 bits per heavy atom. The summed E-state index contributed by atoms with van der Waals surface area (Å²) in [6.07, 6.45) is 1.47. The van der Waals surface area contributed by atoms with Gasteiger partial charge in [0.1, 0.15) is 6.61 Å². The summed E-state index contributed by atoms with van der Waals surface area (Å²) < 4.78 is 10.8. The predicted octanol–water partition coefficient (Wildman–Crippen LogP) is 2.05. The van der Waals surface area contributed by atoms with Gasteiger partial charge in [-0.1, -0.05) is 40.2 Å². The molecule has 0 heterocycles. The van der Waals surface area contributed by atoms with Crippen LogP contribution >= 0.6 is 15.9 Å². The summed E-state index contributed by atoms with van der Waals surface area (Å²) in [5.74, 6) is -1.59. The zero-order valence-electron chi connectivity index (χ0n) is 13.6. The maximum atomic E-state index is 12.5. The van der Waals surface area contributed by atoms with Crippen LogP contribution in [0.5, 0.6) is 11.5 Å². The Hall–Kier alpha value is -2.93. The van der Waals surface area contributed by atoms with Crippen molar-refractivity contribution >= 4 is 39.5 Å². The van der Waals surface area contributed by atoms with Crippen LogP contribution in [0, 0.1) is 0 Å². The number of aliphatic carboxylic acids is 1. The highest BCUT2D eigenvalue weighted by Gasteiger charge is 2.32. The molecule has 132 valence electrons. The van der Waals surface area contributed by atoms with Crippen LogP contribution in [0.3, 0.4) is 0 Å². The van der Waals surface area contributed by atoms with E-state index < -0.39 is 12.6 Å². The van der Waals surface area contributed by atoms with Crippen LogP contribution in [0.25, 0.3) is 6.08 Å². The molecule has 26 heavy (non-hydrogen) atoms. The van der Waals surface area contributed by atoms with Gasteiger partial charge in [-0.15, -0.1) is 0 Å². The smallest absolute Gasteiger partial charge is 0.197 e. The second-order valence-corrected chi connectivity index (χ2v) is 6.30. The van der Waals surface area contributed by atoms with E-state index in [4.69, 9.17) is 9.47 Å². The van der Waals surface area contributed by atoms with E-state index in [1.165, 1.54) is 19.3 Å². The fraction of sp³-hybridized carbons (Fsp3) is 0.105. The second kappa shape index (κ2) is 7.13. The lowest BCUT2D eigenvalue weighted by atomic mass is 10.1. The normalized spacial score (nSPS) is 12.8. The first-order chi connectivity index (χ1) is 12.4. The third-order valence-electron chi connectivity index (χ3n) is 3.83. The maximum Gasteiger partial charge on any atom is 0.197 e. The lowest BCUT2D eigenvalue weighted by Crippen LogP contribution is -2.29. The van der Waals surface area contributed by atoms with Crippen LogP contribution in [0.4, 0.5) is 0 Å². The van der Waals surface area contributed by atoms with Crippen LogP contribution in [0.15, 0.2) is 46.4 Å². The number of carboxylic acid groups (broad SMARTS) is 1. The van der Waals surface area contributed by atoms with Crippen molar-refractivity contribution in [2.45, 2.75) is 0 Å². The Labute approximate surface area is 157 Å². The quantitative estimate of drug-likeness (QED) is 0.547. The lowest BCUT2D eigenvalue weighted by molar-refractivity contribution is -0.307. The number of hydrogen-bond acceptors (Lipinski definition) is 6. The molecule has 3 rings (SSSR count). The molecule has 0 aromatic heterocycles. The molecule has 1 aliphatic rings. The third kappa shape index (κ3) is 3.25. The molecule has 2 aromatic rings. The van der Waals surface area contributed by atoms with Gasteiger partial charge >= 0.3 is 0 Å². The number of Topliss-reactive ketones (excluding diaryl/α,β-unsaturated/α-hetero) is 2. The number of ether oxygens (including phenoxy) is 2. The van der Waals surface area contributed by atoms with Gasteiger partial charge in [-0.2, -0.15) is 0 Å². The number of fused-ring (bicyclic) bond motifs is 1. The molecule has 0 radical (unpaired) electrons. The van der Waals surface area contributed by atoms with E-state index in [0.717, 1.165) is 0 Å². The van der Waals surface area contributed by atoms with Gasteiger partial charge in [0.05, 0.1) is 18.7 Å². The number of ketones is 2. The molecule has 7 heteroatoms. The first-order valence-corrected chi connectivity index (χ1v) is 8.32. The average Bonchev–Trinajstić information content (AvgIpc) is 2.86. The Morgan fingerprint density at radius 3 is 2.27 bits per heavy atom. The van der Waals surface area contributed by atoms with Crippen molar-refractivity contribution in [3.8, 4) is 11.5 Å². The fourth-order valence-corrected chi connectivity index (χ4v) is 3.07. The zero-order valence-corrected chi connectivity index (χ0v) is 15.2. The van der Waals surface area contributed by atoms with E-state index in [1.807, 2.05) is 0 Å². The number of benzene rings is 2. The molecule has 0 N–H and O–H groups in total. The second-order valence-electron chi connectivity index (χ2n) is 5.45. The third-order valence-corrected chi connectivity index (χ3v) is 4.52. The number of methoxy groups -OCH3 is 1. The molecule has 0 aliphatic heterocycles. The Balaban J connectivity index is 2.00. The van der Waals surface area contributed by atoms with E-state index in [2.05, 4.69) is 15.9 Å². The lowest BCUT2D eigenvalue weighted by Gasteiger charge is -2.13. The summed E-state index contributed by atoms with van der Waals surface area (Å²) in [7, 11) is 1.40. The van der Waals surface area contributed by atoms with Crippen LogP contribution in [-0.2, 0) is 4.79 Å². The van der Waals surface area contributed by atoms with Crippen molar-refractivity contribution in [2.75, 3.05) is 13.7 Å². The minimum atomic E-state index is -1.37. The van der Waals surface area contributed by atoms with Gasteiger partial charge in [0.15, 0.2) is 23.1 Å². The molecule has 0 unspecified atom stereocenters. The summed E-state index contributed by atoms with van der Waals surface area (Å²) in [6.45, 7) is -0.629. The molecule has 1 aliphatic carbocycles. The molecule has 0 amide bonds. The summed E-state index contributed by atoms with van der Waals surface area (Å²) in [5.41, 5.74) is 1.33. The van der Waals surface area contributed by atoms with Gasteiger partial charge < -0.3 is 19.4 Å². The number of carbonyl (C=O) groups excluding carboxylic acids is 3. The summed E-state index contributed by atoms with van der Waals surface area (Å²) in [5, 5.41) is 10.6.